The Hall–Kier alpha value is -0.0800. The van der Waals surface area contributed by atoms with Crippen LogP contribution >= 0.6 is 0 Å². The maximum Gasteiger partial charge on any atom is 0.0573 e. The zero-order valence-electron chi connectivity index (χ0n) is 15.8. The summed E-state index contributed by atoms with van der Waals surface area (Å²) in [6.07, 6.45) is 7.03. The predicted octanol–water partition coefficient (Wildman–Crippen LogP) is 4.88. The summed E-state index contributed by atoms with van der Waals surface area (Å²) in [6, 6.07) is 0. The van der Waals surface area contributed by atoms with Gasteiger partial charge in [-0.2, -0.15) is 0 Å². The van der Waals surface area contributed by atoms with Crippen molar-refractivity contribution in [2.24, 2.45) is 35.5 Å². The van der Waals surface area contributed by atoms with E-state index in [0.717, 1.165) is 24.7 Å². The van der Waals surface area contributed by atoms with Crippen LogP contribution in [0.5, 0.6) is 0 Å². The Morgan fingerprint density at radius 3 is 1.18 bits per heavy atom. The van der Waals surface area contributed by atoms with E-state index in [9.17, 15) is 10.2 Å². The molecule has 0 amide bonds. The molecule has 2 N–H and O–H groups in total. The third-order valence-electron chi connectivity index (χ3n) is 5.97. The van der Waals surface area contributed by atoms with E-state index in [2.05, 4.69) is 41.5 Å². The Kier molecular flexibility index (Phi) is 8.42. The van der Waals surface area contributed by atoms with E-state index < -0.39 is 0 Å². The molecule has 6 atom stereocenters. The number of aliphatic hydroxyl groups is 2. The minimum atomic E-state index is -0.0289. The first-order valence-corrected chi connectivity index (χ1v) is 9.58. The number of hydrogen-bond acceptors (Lipinski definition) is 2. The molecule has 0 bridgehead atoms. The first kappa shape index (κ1) is 20.0. The molecule has 0 aliphatic heterocycles. The average molecular weight is 313 g/mol. The Bertz CT molecular complexity index is 270. The van der Waals surface area contributed by atoms with Gasteiger partial charge in [0.1, 0.15) is 0 Å². The first-order chi connectivity index (χ1) is 10.2. The summed E-state index contributed by atoms with van der Waals surface area (Å²) >= 11 is 0. The van der Waals surface area contributed by atoms with Crippen molar-refractivity contribution in [1.82, 2.24) is 0 Å². The van der Waals surface area contributed by atoms with E-state index in [1.54, 1.807) is 0 Å². The zero-order chi connectivity index (χ0) is 16.9. The highest BCUT2D eigenvalue weighted by Gasteiger charge is 2.29. The lowest BCUT2D eigenvalue weighted by molar-refractivity contribution is 0.0263. The molecule has 0 spiro atoms. The van der Waals surface area contributed by atoms with Gasteiger partial charge in [-0.1, -0.05) is 54.4 Å². The van der Waals surface area contributed by atoms with Crippen molar-refractivity contribution in [2.75, 3.05) is 0 Å². The molecule has 2 aliphatic rings. The second-order valence-corrected chi connectivity index (χ2v) is 8.79. The Morgan fingerprint density at radius 2 is 0.955 bits per heavy atom. The van der Waals surface area contributed by atoms with Crippen LogP contribution in [0.25, 0.3) is 0 Å². The van der Waals surface area contributed by atoms with Crippen LogP contribution in [0.15, 0.2) is 0 Å². The molecule has 2 rings (SSSR count). The highest BCUT2D eigenvalue weighted by Crippen LogP contribution is 2.33. The summed E-state index contributed by atoms with van der Waals surface area (Å²) in [4.78, 5) is 0. The molecule has 2 heteroatoms. The largest absolute Gasteiger partial charge is 0.393 e. The van der Waals surface area contributed by atoms with Gasteiger partial charge in [-0.15, -0.1) is 0 Å². The lowest BCUT2D eigenvalue weighted by Crippen LogP contribution is -2.31. The molecular formula is C20H40O2. The quantitative estimate of drug-likeness (QED) is 0.763. The fraction of sp³-hybridized carbons (Fsp3) is 1.00. The molecule has 0 saturated heterocycles. The third kappa shape index (κ3) is 6.20. The molecule has 0 aromatic rings. The van der Waals surface area contributed by atoms with Crippen LogP contribution in [0.2, 0.25) is 0 Å². The molecule has 2 saturated carbocycles. The van der Waals surface area contributed by atoms with E-state index >= 15 is 0 Å². The van der Waals surface area contributed by atoms with E-state index in [0.29, 0.717) is 23.7 Å². The van der Waals surface area contributed by atoms with Gasteiger partial charge >= 0.3 is 0 Å². The van der Waals surface area contributed by atoms with E-state index in [4.69, 9.17) is 0 Å². The van der Waals surface area contributed by atoms with Gasteiger partial charge in [0.15, 0.2) is 0 Å². The number of aliphatic hydroxyl groups excluding tert-OH is 2. The van der Waals surface area contributed by atoms with Crippen molar-refractivity contribution >= 4 is 0 Å². The maximum absolute atomic E-state index is 9.71. The van der Waals surface area contributed by atoms with Gasteiger partial charge in [0.25, 0.3) is 0 Å². The van der Waals surface area contributed by atoms with Crippen LogP contribution in [0.1, 0.15) is 80.1 Å². The van der Waals surface area contributed by atoms with Crippen molar-refractivity contribution in [1.29, 1.82) is 0 Å². The SMILES string of the molecule is CC(C)C1CC[C@@H](C)C[C@H]1O.CC1CC[C@H](C(C)C)C(O)C1. The van der Waals surface area contributed by atoms with E-state index in [1.807, 2.05) is 0 Å². The van der Waals surface area contributed by atoms with E-state index in [1.165, 1.54) is 25.7 Å². The second-order valence-electron chi connectivity index (χ2n) is 8.79. The van der Waals surface area contributed by atoms with Gasteiger partial charge in [0.2, 0.25) is 0 Å². The molecular weight excluding hydrogens is 272 g/mol. The molecule has 0 radical (unpaired) electrons. The topological polar surface area (TPSA) is 40.5 Å². The van der Waals surface area contributed by atoms with Crippen molar-refractivity contribution < 1.29 is 10.2 Å². The monoisotopic (exact) mass is 312 g/mol. The van der Waals surface area contributed by atoms with Crippen molar-refractivity contribution in [3.05, 3.63) is 0 Å². The second kappa shape index (κ2) is 9.27. The average Bonchev–Trinajstić information content (AvgIpc) is 2.38. The molecule has 0 aromatic carbocycles. The van der Waals surface area contributed by atoms with Crippen molar-refractivity contribution in [3.63, 3.8) is 0 Å². The summed E-state index contributed by atoms with van der Waals surface area (Å²) < 4.78 is 0. The lowest BCUT2D eigenvalue weighted by atomic mass is 9.75. The van der Waals surface area contributed by atoms with Gasteiger partial charge in [-0.25, -0.2) is 0 Å². The first-order valence-electron chi connectivity index (χ1n) is 9.58. The molecule has 2 nitrogen and oxygen atoms in total. The molecule has 3 unspecified atom stereocenters. The number of rotatable bonds is 2. The Morgan fingerprint density at radius 1 is 0.636 bits per heavy atom. The molecule has 2 fully saturated rings. The zero-order valence-corrected chi connectivity index (χ0v) is 15.8. The third-order valence-corrected chi connectivity index (χ3v) is 5.97. The van der Waals surface area contributed by atoms with Crippen LogP contribution < -0.4 is 0 Å². The molecule has 2 aliphatic carbocycles. The smallest absolute Gasteiger partial charge is 0.0573 e. The normalized spacial score (nSPS) is 39.5. The van der Waals surface area contributed by atoms with Gasteiger partial charge in [-0.3, -0.25) is 0 Å². The van der Waals surface area contributed by atoms with Crippen molar-refractivity contribution in [2.45, 2.75) is 92.3 Å². The van der Waals surface area contributed by atoms with Gasteiger partial charge < -0.3 is 10.2 Å². The summed E-state index contributed by atoms with van der Waals surface area (Å²) in [5.41, 5.74) is 0. The predicted molar refractivity (Wildman–Crippen MR) is 94.7 cm³/mol. The number of hydrogen-bond donors (Lipinski definition) is 2. The summed E-state index contributed by atoms with van der Waals surface area (Å²) in [5.74, 6) is 3.90. The minimum absolute atomic E-state index is 0.0289. The molecule has 0 aromatic heterocycles. The van der Waals surface area contributed by atoms with Crippen LogP contribution in [-0.2, 0) is 0 Å². The molecule has 132 valence electrons. The Balaban J connectivity index is 0.000000220. The summed E-state index contributed by atoms with van der Waals surface area (Å²) in [5, 5.41) is 19.4. The molecule has 0 heterocycles. The van der Waals surface area contributed by atoms with Crippen LogP contribution in [0.4, 0.5) is 0 Å². The Labute approximate surface area is 138 Å². The van der Waals surface area contributed by atoms with Crippen molar-refractivity contribution in [3.8, 4) is 0 Å². The van der Waals surface area contributed by atoms with Crippen LogP contribution in [-0.4, -0.2) is 22.4 Å². The standard InChI is InChI=1S/2C10H20O/c2*1-7(2)9-5-4-8(3)6-10(9)11/h2*7-11H,4-6H2,1-3H3/t8?,9-,10?;8-,9?,10-/m11/s1. The van der Waals surface area contributed by atoms with Gasteiger partial charge in [-0.05, 0) is 61.2 Å². The minimum Gasteiger partial charge on any atom is -0.393 e. The highest BCUT2D eigenvalue weighted by molar-refractivity contribution is 4.80. The fourth-order valence-electron chi connectivity index (χ4n) is 4.30. The van der Waals surface area contributed by atoms with Gasteiger partial charge in [0.05, 0.1) is 12.2 Å². The lowest BCUT2D eigenvalue weighted by Gasteiger charge is -2.33. The maximum atomic E-state index is 9.71. The van der Waals surface area contributed by atoms with Gasteiger partial charge in [0, 0.05) is 0 Å². The van der Waals surface area contributed by atoms with Crippen LogP contribution in [0.3, 0.4) is 0 Å². The van der Waals surface area contributed by atoms with E-state index in [-0.39, 0.29) is 12.2 Å². The van der Waals surface area contributed by atoms with Crippen LogP contribution in [0, 0.1) is 35.5 Å². The summed E-state index contributed by atoms with van der Waals surface area (Å²) in [7, 11) is 0. The highest BCUT2D eigenvalue weighted by atomic mass is 16.3. The summed E-state index contributed by atoms with van der Waals surface area (Å²) in [6.45, 7) is 13.3. The molecule has 22 heavy (non-hydrogen) atoms. The fourth-order valence-corrected chi connectivity index (χ4v) is 4.30.